The first kappa shape index (κ1) is 20.6. The number of allylic oxidation sites excluding steroid dienone is 1. The lowest BCUT2D eigenvalue weighted by molar-refractivity contribution is 0.304. The van der Waals surface area contributed by atoms with E-state index in [1.54, 1.807) is 12.1 Å². The average Bonchev–Trinajstić information content (AvgIpc) is 2.73. The zero-order chi connectivity index (χ0) is 21.3. The second-order valence-electron chi connectivity index (χ2n) is 6.75. The Bertz CT molecular complexity index is 1190. The second kappa shape index (κ2) is 8.58. The third-order valence-electron chi connectivity index (χ3n) is 4.80. The highest BCUT2D eigenvalue weighted by Crippen LogP contribution is 2.44. The molecule has 3 aromatic carbocycles. The van der Waals surface area contributed by atoms with Crippen molar-refractivity contribution in [3.63, 3.8) is 0 Å². The van der Waals surface area contributed by atoms with Gasteiger partial charge < -0.3 is 20.3 Å². The van der Waals surface area contributed by atoms with Crippen LogP contribution in [-0.4, -0.2) is 5.11 Å². The van der Waals surface area contributed by atoms with Crippen LogP contribution in [0.5, 0.6) is 17.2 Å². The van der Waals surface area contributed by atoms with Gasteiger partial charge in [0, 0.05) is 15.2 Å². The minimum Gasteiger partial charge on any atom is -0.508 e. The van der Waals surface area contributed by atoms with Crippen LogP contribution in [0.1, 0.15) is 22.6 Å². The van der Waals surface area contributed by atoms with Crippen molar-refractivity contribution in [1.82, 2.24) is 0 Å². The highest BCUT2D eigenvalue weighted by atomic mass is 127. The minimum absolute atomic E-state index is 0.0377. The van der Waals surface area contributed by atoms with Crippen molar-refractivity contribution in [3.05, 3.63) is 96.9 Å². The lowest BCUT2D eigenvalue weighted by atomic mass is 9.83. The first-order valence-electron chi connectivity index (χ1n) is 9.03. The van der Waals surface area contributed by atoms with Gasteiger partial charge in [0.05, 0.1) is 10.4 Å². The zero-order valence-corrected chi connectivity index (χ0v) is 19.3. The lowest BCUT2D eigenvalue weighted by Crippen LogP contribution is -2.21. The van der Waals surface area contributed by atoms with Gasteiger partial charge in [-0.05, 0) is 80.0 Å². The molecule has 150 valence electrons. The third-order valence-corrected chi connectivity index (χ3v) is 6.14. The topological polar surface area (TPSA) is 88.5 Å². The summed E-state index contributed by atoms with van der Waals surface area (Å²) in [6.07, 6.45) is 0. The van der Waals surface area contributed by atoms with Crippen LogP contribution in [-0.2, 0) is 6.61 Å². The Hall–Kier alpha value is -2.70. The van der Waals surface area contributed by atoms with Crippen LogP contribution in [0.2, 0.25) is 0 Å². The first-order chi connectivity index (χ1) is 14.5. The molecule has 0 fully saturated rings. The predicted octanol–water partition coefficient (Wildman–Crippen LogP) is 5.56. The Balaban J connectivity index is 1.65. The number of hydrogen-bond donors (Lipinski definition) is 2. The van der Waals surface area contributed by atoms with Crippen molar-refractivity contribution >= 4 is 38.5 Å². The summed E-state index contributed by atoms with van der Waals surface area (Å²) in [4.78, 5) is 0. The van der Waals surface area contributed by atoms with Gasteiger partial charge in [0.25, 0.3) is 0 Å². The van der Waals surface area contributed by atoms with Crippen molar-refractivity contribution in [2.24, 2.45) is 5.73 Å². The summed E-state index contributed by atoms with van der Waals surface area (Å²) in [7, 11) is 0. The lowest BCUT2D eigenvalue weighted by Gasteiger charge is -2.26. The van der Waals surface area contributed by atoms with E-state index >= 15 is 0 Å². The SMILES string of the molecule is N#CC1=C(N)Oc2cc(O)ccc2[C@@H]1c1ccc(OCc2ccc(I)cc2)c(Br)c1. The van der Waals surface area contributed by atoms with E-state index in [-0.39, 0.29) is 11.6 Å². The van der Waals surface area contributed by atoms with Crippen LogP contribution in [0.3, 0.4) is 0 Å². The number of phenolic OH excluding ortho intramolecular Hbond substituents is 1. The van der Waals surface area contributed by atoms with Crippen molar-refractivity contribution in [1.29, 1.82) is 5.26 Å². The van der Waals surface area contributed by atoms with Gasteiger partial charge in [-0.15, -0.1) is 0 Å². The summed E-state index contributed by atoms with van der Waals surface area (Å²) >= 11 is 5.85. The quantitative estimate of drug-likeness (QED) is 0.399. The van der Waals surface area contributed by atoms with Crippen LogP contribution >= 0.6 is 38.5 Å². The summed E-state index contributed by atoms with van der Waals surface area (Å²) in [5.74, 6) is 0.843. The van der Waals surface area contributed by atoms with E-state index in [4.69, 9.17) is 15.2 Å². The van der Waals surface area contributed by atoms with Gasteiger partial charge in [0.15, 0.2) is 0 Å². The molecule has 3 aromatic rings. The van der Waals surface area contributed by atoms with Gasteiger partial charge in [-0.25, -0.2) is 0 Å². The highest BCUT2D eigenvalue weighted by molar-refractivity contribution is 14.1. The number of halogens is 2. The molecule has 1 aliphatic heterocycles. The number of rotatable bonds is 4. The smallest absolute Gasteiger partial charge is 0.205 e. The number of nitriles is 1. The van der Waals surface area contributed by atoms with E-state index in [9.17, 15) is 10.4 Å². The van der Waals surface area contributed by atoms with Crippen molar-refractivity contribution in [3.8, 4) is 23.3 Å². The van der Waals surface area contributed by atoms with Gasteiger partial charge in [-0.3, -0.25) is 0 Å². The number of phenols is 1. The maximum absolute atomic E-state index is 9.78. The Morgan fingerprint density at radius 3 is 2.60 bits per heavy atom. The Morgan fingerprint density at radius 1 is 1.13 bits per heavy atom. The normalized spacial score (nSPS) is 15.2. The molecule has 5 nitrogen and oxygen atoms in total. The summed E-state index contributed by atoms with van der Waals surface area (Å²) in [5.41, 5.74) is 9.01. The van der Waals surface area contributed by atoms with Crippen molar-refractivity contribution < 1.29 is 14.6 Å². The number of fused-ring (bicyclic) bond motifs is 1. The average molecular weight is 575 g/mol. The van der Waals surface area contributed by atoms with Crippen LogP contribution in [0.25, 0.3) is 0 Å². The van der Waals surface area contributed by atoms with Crippen LogP contribution in [0.4, 0.5) is 0 Å². The Labute approximate surface area is 196 Å². The Morgan fingerprint density at radius 2 is 1.90 bits per heavy atom. The van der Waals surface area contributed by atoms with Gasteiger partial charge in [0.1, 0.15) is 35.5 Å². The van der Waals surface area contributed by atoms with E-state index in [0.29, 0.717) is 23.7 Å². The number of ether oxygens (including phenoxy) is 2. The summed E-state index contributed by atoms with van der Waals surface area (Å²) in [5, 5.41) is 19.4. The third kappa shape index (κ3) is 4.11. The van der Waals surface area contributed by atoms with E-state index in [1.165, 1.54) is 9.64 Å². The first-order valence-corrected chi connectivity index (χ1v) is 10.9. The molecule has 1 heterocycles. The highest BCUT2D eigenvalue weighted by Gasteiger charge is 2.31. The minimum atomic E-state index is -0.402. The largest absolute Gasteiger partial charge is 0.508 e. The molecular formula is C23H16BrIN2O3. The van der Waals surface area contributed by atoms with Crippen molar-refractivity contribution in [2.75, 3.05) is 0 Å². The molecule has 7 heteroatoms. The van der Waals surface area contributed by atoms with Crippen molar-refractivity contribution in [2.45, 2.75) is 12.5 Å². The molecule has 30 heavy (non-hydrogen) atoms. The van der Waals surface area contributed by atoms with Crippen LogP contribution in [0, 0.1) is 14.9 Å². The summed E-state index contributed by atoms with van der Waals surface area (Å²) in [6.45, 7) is 0.449. The molecule has 1 atom stereocenters. The van der Waals surface area contributed by atoms with Crippen LogP contribution < -0.4 is 15.2 Å². The molecule has 0 aliphatic carbocycles. The molecule has 1 aliphatic rings. The second-order valence-corrected chi connectivity index (χ2v) is 8.85. The molecule has 0 spiro atoms. The Kier molecular flexibility index (Phi) is 5.88. The zero-order valence-electron chi connectivity index (χ0n) is 15.6. The monoisotopic (exact) mass is 574 g/mol. The van der Waals surface area contributed by atoms with E-state index in [0.717, 1.165) is 21.2 Å². The summed E-state index contributed by atoms with van der Waals surface area (Å²) in [6, 6.07) is 20.8. The number of hydrogen-bond acceptors (Lipinski definition) is 5. The molecule has 0 aromatic heterocycles. The fourth-order valence-corrected chi connectivity index (χ4v) is 4.21. The molecule has 4 rings (SSSR count). The van der Waals surface area contributed by atoms with Gasteiger partial charge in [-0.1, -0.05) is 24.3 Å². The maximum atomic E-state index is 9.78. The molecule has 0 radical (unpaired) electrons. The van der Waals surface area contributed by atoms with E-state index in [2.05, 4.69) is 44.6 Å². The molecule has 0 unspecified atom stereocenters. The number of aromatic hydroxyl groups is 1. The van der Waals surface area contributed by atoms with E-state index < -0.39 is 5.92 Å². The fraction of sp³-hybridized carbons (Fsp3) is 0.0870. The maximum Gasteiger partial charge on any atom is 0.205 e. The molecule has 3 N–H and O–H groups in total. The predicted molar refractivity (Wildman–Crippen MR) is 125 cm³/mol. The molecule has 0 saturated heterocycles. The summed E-state index contributed by atoms with van der Waals surface area (Å²) < 4.78 is 13.5. The molecular weight excluding hydrogens is 559 g/mol. The van der Waals surface area contributed by atoms with Gasteiger partial charge in [0.2, 0.25) is 5.88 Å². The van der Waals surface area contributed by atoms with E-state index in [1.807, 2.05) is 42.5 Å². The van der Waals surface area contributed by atoms with Crippen LogP contribution in [0.15, 0.2) is 76.6 Å². The van der Waals surface area contributed by atoms with Gasteiger partial charge >= 0.3 is 0 Å². The number of nitrogens with two attached hydrogens (primary N) is 1. The molecule has 0 saturated carbocycles. The fourth-order valence-electron chi connectivity index (χ4n) is 3.34. The number of nitrogens with zero attached hydrogens (tertiary/aromatic N) is 1. The molecule has 0 bridgehead atoms. The number of benzene rings is 3. The van der Waals surface area contributed by atoms with Gasteiger partial charge in [-0.2, -0.15) is 5.26 Å². The standard InChI is InChI=1S/C23H16BrIN2O3/c24-19-9-14(3-8-20(19)29-12-13-1-4-15(25)5-2-13)22-17-7-6-16(28)10-21(17)30-23(27)18(22)11-26/h1-10,22,28H,12,27H2/t22-/m0/s1. The molecule has 0 amide bonds.